The molecule has 1 aromatic carbocycles. The molecule has 0 aromatic heterocycles. The van der Waals surface area contributed by atoms with Crippen molar-refractivity contribution in [1.29, 1.82) is 0 Å². The first-order chi connectivity index (χ1) is 9.46. The number of carbonyl (C=O) groups is 1. The number of rotatable bonds is 3. The fourth-order valence-electron chi connectivity index (χ4n) is 2.64. The lowest BCUT2D eigenvalue weighted by atomic mass is 9.82. The summed E-state index contributed by atoms with van der Waals surface area (Å²) < 4.78 is 5.48. The van der Waals surface area contributed by atoms with Gasteiger partial charge >= 0.3 is 0 Å². The molecule has 20 heavy (non-hydrogen) atoms. The molecule has 0 bridgehead atoms. The first-order valence-corrected chi connectivity index (χ1v) is 7.21. The van der Waals surface area contributed by atoms with Crippen molar-refractivity contribution in [2.24, 2.45) is 0 Å². The van der Waals surface area contributed by atoms with Gasteiger partial charge in [0.25, 0.3) is 0 Å². The van der Waals surface area contributed by atoms with E-state index in [0.29, 0.717) is 19.8 Å². The number of morpholine rings is 1. The van der Waals surface area contributed by atoms with Crippen molar-refractivity contribution in [2.45, 2.75) is 38.6 Å². The van der Waals surface area contributed by atoms with Crippen molar-refractivity contribution in [3.05, 3.63) is 29.8 Å². The molecule has 1 unspecified atom stereocenters. The number of nitrogen functional groups attached to an aromatic ring is 1. The minimum absolute atomic E-state index is 0.164. The standard InChI is InChI=1S/C16H24N2O2/c1-4-14-11-20-10-9-18(14)15(19)16(2,3)12-5-7-13(17)8-6-12/h5-8,14H,4,9-11,17H2,1-3H3. The van der Waals surface area contributed by atoms with Crippen molar-refractivity contribution in [1.82, 2.24) is 4.90 Å². The largest absolute Gasteiger partial charge is 0.399 e. The molecule has 1 heterocycles. The fourth-order valence-corrected chi connectivity index (χ4v) is 2.64. The minimum Gasteiger partial charge on any atom is -0.399 e. The van der Waals surface area contributed by atoms with Gasteiger partial charge in [-0.2, -0.15) is 0 Å². The number of nitrogens with two attached hydrogens (primary N) is 1. The summed E-state index contributed by atoms with van der Waals surface area (Å²) in [7, 11) is 0. The van der Waals surface area contributed by atoms with Gasteiger partial charge in [-0.15, -0.1) is 0 Å². The molecule has 4 heteroatoms. The molecule has 1 aliphatic heterocycles. The Hall–Kier alpha value is -1.55. The van der Waals surface area contributed by atoms with Crippen LogP contribution in [0.2, 0.25) is 0 Å². The Balaban J connectivity index is 2.23. The van der Waals surface area contributed by atoms with Crippen LogP contribution in [0.4, 0.5) is 5.69 Å². The predicted octanol–water partition coefficient (Wildman–Crippen LogP) is 2.18. The summed E-state index contributed by atoms with van der Waals surface area (Å²) in [4.78, 5) is 14.9. The van der Waals surface area contributed by atoms with Gasteiger partial charge in [0.2, 0.25) is 5.91 Å². The first kappa shape index (κ1) is 14.9. The second kappa shape index (κ2) is 5.83. The summed E-state index contributed by atoms with van der Waals surface area (Å²) in [6, 6.07) is 7.76. The number of ether oxygens (including phenoxy) is 1. The van der Waals surface area contributed by atoms with Crippen LogP contribution >= 0.6 is 0 Å². The summed E-state index contributed by atoms with van der Waals surface area (Å²) in [6.07, 6.45) is 0.920. The second-order valence-corrected chi connectivity index (χ2v) is 5.88. The van der Waals surface area contributed by atoms with Crippen LogP contribution in [0, 0.1) is 0 Å². The van der Waals surface area contributed by atoms with Crippen molar-refractivity contribution >= 4 is 11.6 Å². The van der Waals surface area contributed by atoms with Crippen molar-refractivity contribution in [2.75, 3.05) is 25.5 Å². The van der Waals surface area contributed by atoms with Crippen molar-refractivity contribution < 1.29 is 9.53 Å². The van der Waals surface area contributed by atoms with Crippen LogP contribution in [0.15, 0.2) is 24.3 Å². The number of benzene rings is 1. The van der Waals surface area contributed by atoms with Crippen LogP contribution < -0.4 is 5.73 Å². The summed E-state index contributed by atoms with van der Waals surface area (Å²) >= 11 is 0. The Morgan fingerprint density at radius 2 is 2.05 bits per heavy atom. The van der Waals surface area contributed by atoms with E-state index < -0.39 is 5.41 Å². The smallest absolute Gasteiger partial charge is 0.233 e. The predicted molar refractivity (Wildman–Crippen MR) is 80.5 cm³/mol. The van der Waals surface area contributed by atoms with Gasteiger partial charge in [0.05, 0.1) is 24.7 Å². The zero-order chi connectivity index (χ0) is 14.8. The van der Waals surface area contributed by atoms with Crippen LogP contribution in [-0.4, -0.2) is 36.6 Å². The SMILES string of the molecule is CCC1COCCN1C(=O)C(C)(C)c1ccc(N)cc1. The molecule has 1 fully saturated rings. The molecule has 0 radical (unpaired) electrons. The van der Waals surface area contributed by atoms with E-state index >= 15 is 0 Å². The molecule has 0 aliphatic carbocycles. The lowest BCUT2D eigenvalue weighted by molar-refractivity contribution is -0.145. The number of nitrogens with zero attached hydrogens (tertiary/aromatic N) is 1. The fraction of sp³-hybridized carbons (Fsp3) is 0.562. The molecule has 1 amide bonds. The Morgan fingerprint density at radius 1 is 1.40 bits per heavy atom. The molecule has 1 aliphatic rings. The van der Waals surface area contributed by atoms with Gasteiger partial charge < -0.3 is 15.4 Å². The van der Waals surface area contributed by atoms with Crippen LogP contribution in [0.1, 0.15) is 32.8 Å². The monoisotopic (exact) mass is 276 g/mol. The molecule has 1 atom stereocenters. The van der Waals surface area contributed by atoms with Crippen LogP contribution in [-0.2, 0) is 14.9 Å². The van der Waals surface area contributed by atoms with Crippen LogP contribution in [0.25, 0.3) is 0 Å². The molecule has 0 saturated carbocycles. The molecule has 1 saturated heterocycles. The normalized spacial score (nSPS) is 19.9. The summed E-state index contributed by atoms with van der Waals surface area (Å²) in [5, 5.41) is 0. The van der Waals surface area contributed by atoms with E-state index in [9.17, 15) is 4.79 Å². The number of hydrogen-bond acceptors (Lipinski definition) is 3. The maximum Gasteiger partial charge on any atom is 0.233 e. The zero-order valence-corrected chi connectivity index (χ0v) is 12.6. The third-order valence-electron chi connectivity index (χ3n) is 4.13. The van der Waals surface area contributed by atoms with Crippen molar-refractivity contribution in [3.63, 3.8) is 0 Å². The molecule has 0 spiro atoms. The molecule has 110 valence electrons. The summed E-state index contributed by atoms with van der Waals surface area (Å²) in [5.41, 5.74) is 6.89. The van der Waals surface area contributed by atoms with E-state index in [1.54, 1.807) is 0 Å². The topological polar surface area (TPSA) is 55.6 Å². The highest BCUT2D eigenvalue weighted by Gasteiger charge is 2.37. The summed E-state index contributed by atoms with van der Waals surface area (Å²) in [5.74, 6) is 0.164. The highest BCUT2D eigenvalue weighted by atomic mass is 16.5. The van der Waals surface area contributed by atoms with E-state index in [1.807, 2.05) is 43.0 Å². The van der Waals surface area contributed by atoms with Gasteiger partial charge in [-0.25, -0.2) is 0 Å². The minimum atomic E-state index is -0.543. The first-order valence-electron chi connectivity index (χ1n) is 7.21. The highest BCUT2D eigenvalue weighted by Crippen LogP contribution is 2.28. The van der Waals surface area contributed by atoms with Gasteiger partial charge in [-0.1, -0.05) is 19.1 Å². The zero-order valence-electron chi connectivity index (χ0n) is 12.6. The average Bonchev–Trinajstić information content (AvgIpc) is 2.46. The Kier molecular flexibility index (Phi) is 4.33. The molecular formula is C16H24N2O2. The van der Waals surface area contributed by atoms with Gasteiger partial charge in [0, 0.05) is 12.2 Å². The number of carbonyl (C=O) groups excluding carboxylic acids is 1. The second-order valence-electron chi connectivity index (χ2n) is 5.88. The van der Waals surface area contributed by atoms with E-state index in [4.69, 9.17) is 10.5 Å². The molecular weight excluding hydrogens is 252 g/mol. The van der Waals surface area contributed by atoms with E-state index in [-0.39, 0.29) is 11.9 Å². The third kappa shape index (κ3) is 2.80. The van der Waals surface area contributed by atoms with Crippen LogP contribution in [0.5, 0.6) is 0 Å². The lowest BCUT2D eigenvalue weighted by Gasteiger charge is -2.40. The third-order valence-corrected chi connectivity index (χ3v) is 4.13. The van der Waals surface area contributed by atoms with E-state index in [1.165, 1.54) is 0 Å². The Morgan fingerprint density at radius 3 is 2.65 bits per heavy atom. The van der Waals surface area contributed by atoms with Crippen molar-refractivity contribution in [3.8, 4) is 0 Å². The van der Waals surface area contributed by atoms with E-state index in [0.717, 1.165) is 17.7 Å². The van der Waals surface area contributed by atoms with E-state index in [2.05, 4.69) is 6.92 Å². The molecule has 2 rings (SSSR count). The maximum absolute atomic E-state index is 12.9. The highest BCUT2D eigenvalue weighted by molar-refractivity contribution is 5.87. The quantitative estimate of drug-likeness (QED) is 0.861. The number of hydrogen-bond donors (Lipinski definition) is 1. The van der Waals surface area contributed by atoms with Gasteiger partial charge in [0.15, 0.2) is 0 Å². The van der Waals surface area contributed by atoms with Gasteiger partial charge in [0.1, 0.15) is 0 Å². The molecule has 1 aromatic rings. The van der Waals surface area contributed by atoms with Gasteiger partial charge in [-0.05, 0) is 38.0 Å². The maximum atomic E-state index is 12.9. The molecule has 2 N–H and O–H groups in total. The van der Waals surface area contributed by atoms with Crippen LogP contribution in [0.3, 0.4) is 0 Å². The average molecular weight is 276 g/mol. The Labute approximate surface area is 120 Å². The van der Waals surface area contributed by atoms with Gasteiger partial charge in [-0.3, -0.25) is 4.79 Å². The summed E-state index contributed by atoms with van der Waals surface area (Å²) in [6.45, 7) is 7.98. The lowest BCUT2D eigenvalue weighted by Crippen LogP contribution is -2.53. The number of amides is 1. The number of anilines is 1. The molecule has 4 nitrogen and oxygen atoms in total. The Bertz CT molecular complexity index is 468.